The largest absolute Gasteiger partial charge is 0.352 e. The summed E-state index contributed by atoms with van der Waals surface area (Å²) in [6.07, 6.45) is 12.7. The number of aromatic nitrogens is 7. The summed E-state index contributed by atoms with van der Waals surface area (Å²) in [5, 5.41) is 9.57. The second kappa shape index (κ2) is 6.59. The molecule has 2 N–H and O–H groups in total. The predicted octanol–water partition coefficient (Wildman–Crippen LogP) is 4.63. The van der Waals surface area contributed by atoms with E-state index in [4.69, 9.17) is 0 Å². The third-order valence-corrected chi connectivity index (χ3v) is 5.23. The average molecular weight is 389 g/mol. The Balaban J connectivity index is 1.52. The van der Waals surface area contributed by atoms with Gasteiger partial charge in [-0.2, -0.15) is 5.10 Å². The van der Waals surface area contributed by atoms with E-state index in [1.165, 1.54) is 0 Å². The SMILES string of the molecule is c1cc(-c2cnc3n[nH]c(-c4cc5c(-c6ccncc6)cncc5[nH]4)c3c2)ccn1. The standard InChI is InChI=1S/C23H15N7/c1-5-24-6-2-14(1)16-9-18-22(29-30-23(18)27-11-16)20-10-17-19(12-26-13-21(17)28-20)15-3-7-25-8-4-15/h1-13,28H,(H,27,29,30). The first-order valence-electron chi connectivity index (χ1n) is 9.49. The Morgan fingerprint density at radius 2 is 1.43 bits per heavy atom. The molecule has 0 aliphatic carbocycles. The van der Waals surface area contributed by atoms with Gasteiger partial charge in [-0.05, 0) is 47.5 Å². The Morgan fingerprint density at radius 1 is 0.667 bits per heavy atom. The molecule has 0 bridgehead atoms. The third-order valence-electron chi connectivity index (χ3n) is 5.23. The van der Waals surface area contributed by atoms with Crippen molar-refractivity contribution in [3.63, 3.8) is 0 Å². The Kier molecular flexibility index (Phi) is 3.64. The summed E-state index contributed by atoms with van der Waals surface area (Å²) in [4.78, 5) is 20.6. The van der Waals surface area contributed by atoms with Crippen LogP contribution in [0.25, 0.3) is 55.6 Å². The van der Waals surface area contributed by atoms with Crippen molar-refractivity contribution in [2.24, 2.45) is 0 Å². The molecule has 0 atom stereocenters. The number of rotatable bonds is 3. The first-order valence-corrected chi connectivity index (χ1v) is 9.49. The van der Waals surface area contributed by atoms with Crippen LogP contribution in [0.15, 0.2) is 79.8 Å². The first-order chi connectivity index (χ1) is 14.9. The van der Waals surface area contributed by atoms with Gasteiger partial charge in [0.1, 0.15) is 0 Å². The van der Waals surface area contributed by atoms with Crippen LogP contribution in [0.2, 0.25) is 0 Å². The highest BCUT2D eigenvalue weighted by atomic mass is 15.2. The zero-order chi connectivity index (χ0) is 19.9. The van der Waals surface area contributed by atoms with Crippen molar-refractivity contribution in [1.29, 1.82) is 0 Å². The third kappa shape index (κ3) is 2.64. The highest BCUT2D eigenvalue weighted by Crippen LogP contribution is 2.34. The van der Waals surface area contributed by atoms with E-state index in [9.17, 15) is 0 Å². The van der Waals surface area contributed by atoms with Gasteiger partial charge in [0.15, 0.2) is 5.65 Å². The fourth-order valence-electron chi connectivity index (χ4n) is 3.75. The van der Waals surface area contributed by atoms with Gasteiger partial charge in [-0.15, -0.1) is 0 Å². The molecule has 0 aliphatic rings. The lowest BCUT2D eigenvalue weighted by Crippen LogP contribution is -1.83. The Morgan fingerprint density at radius 3 is 2.23 bits per heavy atom. The molecular weight excluding hydrogens is 374 g/mol. The summed E-state index contributed by atoms with van der Waals surface area (Å²) in [5.74, 6) is 0. The zero-order valence-electron chi connectivity index (χ0n) is 15.7. The summed E-state index contributed by atoms with van der Waals surface area (Å²) in [5.41, 5.74) is 7.67. The van der Waals surface area contributed by atoms with Crippen molar-refractivity contribution in [2.45, 2.75) is 0 Å². The fraction of sp³-hybridized carbons (Fsp3) is 0. The van der Waals surface area contributed by atoms with Gasteiger partial charge in [-0.1, -0.05) is 0 Å². The van der Waals surface area contributed by atoms with E-state index >= 15 is 0 Å². The fourth-order valence-corrected chi connectivity index (χ4v) is 3.75. The van der Waals surface area contributed by atoms with Crippen molar-refractivity contribution >= 4 is 21.9 Å². The molecule has 0 aromatic carbocycles. The number of fused-ring (bicyclic) bond motifs is 2. The molecule has 6 aromatic heterocycles. The Bertz CT molecular complexity index is 1480. The van der Waals surface area contributed by atoms with Gasteiger partial charge in [0.25, 0.3) is 0 Å². The number of hydrogen-bond donors (Lipinski definition) is 2. The summed E-state index contributed by atoms with van der Waals surface area (Å²) in [7, 11) is 0. The van der Waals surface area contributed by atoms with E-state index in [1.54, 1.807) is 24.8 Å². The van der Waals surface area contributed by atoms with E-state index in [0.717, 1.165) is 49.9 Å². The maximum absolute atomic E-state index is 4.53. The summed E-state index contributed by atoms with van der Waals surface area (Å²) in [6, 6.07) is 12.1. The molecule has 0 amide bonds. The second-order valence-corrected chi connectivity index (χ2v) is 7.00. The molecule has 0 spiro atoms. The number of aromatic amines is 2. The second-order valence-electron chi connectivity index (χ2n) is 7.00. The monoisotopic (exact) mass is 389 g/mol. The minimum Gasteiger partial charge on any atom is -0.352 e. The molecule has 0 unspecified atom stereocenters. The van der Waals surface area contributed by atoms with Crippen LogP contribution in [-0.4, -0.2) is 35.1 Å². The van der Waals surface area contributed by atoms with Gasteiger partial charge in [0.05, 0.1) is 23.1 Å². The van der Waals surface area contributed by atoms with E-state index in [1.807, 2.05) is 42.9 Å². The van der Waals surface area contributed by atoms with Crippen LogP contribution in [0.3, 0.4) is 0 Å². The van der Waals surface area contributed by atoms with Crippen LogP contribution < -0.4 is 0 Å². The van der Waals surface area contributed by atoms with Crippen LogP contribution in [0, 0.1) is 0 Å². The molecule has 30 heavy (non-hydrogen) atoms. The maximum Gasteiger partial charge on any atom is 0.181 e. The van der Waals surface area contributed by atoms with Crippen LogP contribution in [-0.2, 0) is 0 Å². The molecule has 142 valence electrons. The van der Waals surface area contributed by atoms with Gasteiger partial charge in [0.2, 0.25) is 0 Å². The van der Waals surface area contributed by atoms with Crippen molar-refractivity contribution in [1.82, 2.24) is 35.1 Å². The van der Waals surface area contributed by atoms with E-state index in [-0.39, 0.29) is 0 Å². The minimum absolute atomic E-state index is 0.675. The topological polar surface area (TPSA) is 96.0 Å². The maximum atomic E-state index is 4.53. The average Bonchev–Trinajstić information content (AvgIpc) is 3.43. The first kappa shape index (κ1) is 16.6. The van der Waals surface area contributed by atoms with Gasteiger partial charge in [-0.25, -0.2) is 4.98 Å². The van der Waals surface area contributed by atoms with Gasteiger partial charge in [-0.3, -0.25) is 20.1 Å². The Hall–Kier alpha value is -4.39. The molecule has 0 aliphatic heterocycles. The molecular formula is C23H15N7. The predicted molar refractivity (Wildman–Crippen MR) is 115 cm³/mol. The quantitative estimate of drug-likeness (QED) is 0.460. The minimum atomic E-state index is 0.675. The molecule has 0 saturated carbocycles. The van der Waals surface area contributed by atoms with Gasteiger partial charge >= 0.3 is 0 Å². The molecule has 6 heterocycles. The molecule has 6 aromatic rings. The molecule has 0 fully saturated rings. The normalized spacial score (nSPS) is 11.3. The molecule has 7 heteroatoms. The summed E-state index contributed by atoms with van der Waals surface area (Å²) in [6.45, 7) is 0. The summed E-state index contributed by atoms with van der Waals surface area (Å²) < 4.78 is 0. The van der Waals surface area contributed by atoms with Crippen LogP contribution in [0.5, 0.6) is 0 Å². The van der Waals surface area contributed by atoms with E-state index in [0.29, 0.717) is 5.65 Å². The highest BCUT2D eigenvalue weighted by molar-refractivity contribution is 6.00. The van der Waals surface area contributed by atoms with Gasteiger partial charge in [0, 0.05) is 59.1 Å². The van der Waals surface area contributed by atoms with Gasteiger partial charge < -0.3 is 4.98 Å². The van der Waals surface area contributed by atoms with Crippen LogP contribution in [0.1, 0.15) is 0 Å². The number of H-pyrrole nitrogens is 2. The molecule has 7 nitrogen and oxygen atoms in total. The van der Waals surface area contributed by atoms with Crippen molar-refractivity contribution in [3.05, 3.63) is 79.8 Å². The van der Waals surface area contributed by atoms with Crippen molar-refractivity contribution < 1.29 is 0 Å². The number of hydrogen-bond acceptors (Lipinski definition) is 5. The van der Waals surface area contributed by atoms with Crippen molar-refractivity contribution in [3.8, 4) is 33.6 Å². The Labute approximate surface area is 170 Å². The highest BCUT2D eigenvalue weighted by Gasteiger charge is 2.14. The number of nitrogens with one attached hydrogen (secondary N) is 2. The van der Waals surface area contributed by atoms with Crippen LogP contribution >= 0.6 is 0 Å². The molecule has 0 saturated heterocycles. The summed E-state index contributed by atoms with van der Waals surface area (Å²) >= 11 is 0. The lowest BCUT2D eigenvalue weighted by molar-refractivity contribution is 1.10. The zero-order valence-corrected chi connectivity index (χ0v) is 15.7. The van der Waals surface area contributed by atoms with E-state index in [2.05, 4.69) is 47.2 Å². The number of nitrogens with zero attached hydrogens (tertiary/aromatic N) is 5. The number of pyridine rings is 4. The molecule has 6 rings (SSSR count). The van der Waals surface area contributed by atoms with Crippen LogP contribution in [0.4, 0.5) is 0 Å². The smallest absolute Gasteiger partial charge is 0.181 e. The van der Waals surface area contributed by atoms with Crippen molar-refractivity contribution in [2.75, 3.05) is 0 Å². The molecule has 0 radical (unpaired) electrons. The lowest BCUT2D eigenvalue weighted by atomic mass is 10.0. The lowest BCUT2D eigenvalue weighted by Gasteiger charge is -2.01. The van der Waals surface area contributed by atoms with E-state index < -0.39 is 0 Å².